The number of hydrogen-bond acceptors (Lipinski definition) is 2. The average molecular weight is 485 g/mol. The van der Waals surface area contributed by atoms with Gasteiger partial charge in [0.1, 0.15) is 0 Å². The summed E-state index contributed by atoms with van der Waals surface area (Å²) >= 11 is 0. The van der Waals surface area contributed by atoms with Crippen LogP contribution < -0.4 is 5.11 Å². The molecule has 2 rings (SSSR count). The third-order valence-electron chi connectivity index (χ3n) is 3.59. The van der Waals surface area contributed by atoms with Gasteiger partial charge in [0, 0.05) is 6.21 Å². The average Bonchev–Trinajstić information content (AvgIpc) is 2.45. The van der Waals surface area contributed by atoms with Gasteiger partial charge in [0.2, 0.25) is 0 Å². The van der Waals surface area contributed by atoms with Gasteiger partial charge in [0.25, 0.3) is 0 Å². The molecule has 2 nitrogen and oxygen atoms in total. The van der Waals surface area contributed by atoms with E-state index in [4.69, 9.17) is 0 Å². The molecule has 2 aromatic rings. The Hall–Kier alpha value is -1.17. The second-order valence-corrected chi connectivity index (χ2v) is 5.89. The minimum absolute atomic E-state index is 0. The fourth-order valence-electron chi connectivity index (χ4n) is 2.38. The number of hydrogen-bond donors (Lipinski definition) is 0. The second kappa shape index (κ2) is 8.46. The zero-order chi connectivity index (χ0) is 15.4. The molecule has 0 unspecified atom stereocenters. The largest absolute Gasteiger partial charge is 1.00 e. The molecule has 0 aliphatic heterocycles. The fraction of sp³-hybridized carbons (Fsp3) is 0.316. The van der Waals surface area contributed by atoms with Crippen LogP contribution in [0.5, 0.6) is 5.75 Å². The predicted molar refractivity (Wildman–Crippen MR) is 93.5 cm³/mol. The van der Waals surface area contributed by atoms with Crippen LogP contribution in [0.3, 0.4) is 0 Å². The van der Waals surface area contributed by atoms with Gasteiger partial charge in [-0.2, -0.15) is 0 Å². The van der Waals surface area contributed by atoms with Crippen molar-refractivity contribution in [1.29, 1.82) is 0 Å². The quantitative estimate of drug-likeness (QED) is 0.469. The molecule has 112 valence electrons. The van der Waals surface area contributed by atoms with Crippen molar-refractivity contribution in [3.63, 3.8) is 0 Å². The van der Waals surface area contributed by atoms with Crippen LogP contribution in [0.4, 0.5) is 5.69 Å². The second-order valence-electron chi connectivity index (χ2n) is 5.89. The molecule has 0 saturated heterocycles. The van der Waals surface area contributed by atoms with Gasteiger partial charge in [-0.25, -0.2) is 0 Å². The van der Waals surface area contributed by atoms with Crippen LogP contribution in [-0.4, -0.2) is 33.5 Å². The predicted octanol–water partition coefficient (Wildman–Crippen LogP) is 4.38. The monoisotopic (exact) mass is 485 g/mol. The van der Waals surface area contributed by atoms with Gasteiger partial charge in [0.15, 0.2) is 0 Å². The van der Waals surface area contributed by atoms with Gasteiger partial charge in [-0.3, -0.25) is 4.99 Å². The van der Waals surface area contributed by atoms with Crippen LogP contribution in [-0.2, 0) is 0 Å². The first-order valence-electron chi connectivity index (χ1n) is 7.43. The molecule has 0 aliphatic carbocycles. The molecule has 22 heavy (non-hydrogen) atoms. The van der Waals surface area contributed by atoms with Crippen molar-refractivity contribution < 1.29 is 5.11 Å². The van der Waals surface area contributed by atoms with Crippen molar-refractivity contribution in [1.82, 2.24) is 0 Å². The minimum atomic E-state index is 0. The van der Waals surface area contributed by atoms with E-state index >= 15 is 0 Å². The first kappa shape index (κ1) is 18.9. The van der Waals surface area contributed by atoms with E-state index < -0.39 is 0 Å². The summed E-state index contributed by atoms with van der Waals surface area (Å²) in [5.74, 6) is 0.811. The third-order valence-corrected chi connectivity index (χ3v) is 3.59. The zero-order valence-electron chi connectivity index (χ0n) is 13.7. The van der Waals surface area contributed by atoms with Crippen molar-refractivity contribution in [2.45, 2.75) is 39.5 Å². The Labute approximate surface area is 153 Å². The summed E-state index contributed by atoms with van der Waals surface area (Å²) in [4.78, 5) is 4.65. The van der Waals surface area contributed by atoms with E-state index in [-0.39, 0.29) is 33.0 Å². The Morgan fingerprint density at radius 2 is 1.41 bits per heavy atom. The van der Waals surface area contributed by atoms with E-state index in [1.54, 1.807) is 24.4 Å². The number of benzene rings is 2. The Morgan fingerprint density at radius 1 is 0.864 bits per heavy atom. The summed E-state index contributed by atoms with van der Waals surface area (Å²) in [6, 6.07) is 13.3. The Kier molecular flexibility index (Phi) is 7.26. The molecule has 0 N–H and O–H groups in total. The summed E-state index contributed by atoms with van der Waals surface area (Å²) in [6.45, 7) is 8.67. The van der Waals surface area contributed by atoms with Crippen LogP contribution in [0.15, 0.2) is 47.5 Å². The minimum Gasteiger partial charge on any atom is -0.872 e. The van der Waals surface area contributed by atoms with E-state index in [2.05, 4.69) is 50.9 Å². The van der Waals surface area contributed by atoms with E-state index in [1.165, 1.54) is 11.1 Å². The normalized spacial score (nSPS) is 11.2. The molecule has 3 heteroatoms. The van der Waals surface area contributed by atoms with Crippen LogP contribution in [0.2, 0.25) is 0 Å². The van der Waals surface area contributed by atoms with Crippen LogP contribution >= 0.6 is 0 Å². The zero-order valence-corrected chi connectivity index (χ0v) is 18.2. The first-order chi connectivity index (χ1) is 10.0. The molecule has 0 radical (unpaired) electrons. The first-order valence-corrected chi connectivity index (χ1v) is 7.43. The maximum absolute atomic E-state index is 11.8. The molecule has 0 aliphatic rings. The summed E-state index contributed by atoms with van der Waals surface area (Å²) in [6.07, 6.45) is 1.69. The number of para-hydroxylation sites is 2. The van der Waals surface area contributed by atoms with Crippen molar-refractivity contribution in [3.05, 3.63) is 59.2 Å². The number of rotatable bonds is 4. The van der Waals surface area contributed by atoms with Crippen molar-refractivity contribution >= 4 is 39.2 Å². The van der Waals surface area contributed by atoms with Gasteiger partial charge >= 0.3 is 27.3 Å². The molecule has 0 heterocycles. The molecule has 0 aromatic heterocycles. The third kappa shape index (κ3) is 4.41. The summed E-state index contributed by atoms with van der Waals surface area (Å²) in [5, 5.41) is 11.8. The number of nitrogens with zero attached hydrogens (tertiary/aromatic N) is 1. The Balaban J connectivity index is 0.00000242. The van der Waals surface area contributed by atoms with E-state index in [0.717, 1.165) is 5.69 Å². The summed E-state index contributed by atoms with van der Waals surface area (Å²) in [5.41, 5.74) is 4.08. The molecule has 0 atom stereocenters. The molecule has 2 aromatic carbocycles. The van der Waals surface area contributed by atoms with Gasteiger partial charge in [-0.1, -0.05) is 70.2 Å². The van der Waals surface area contributed by atoms with E-state index in [9.17, 15) is 5.11 Å². The fourth-order valence-corrected chi connectivity index (χ4v) is 2.38. The topological polar surface area (TPSA) is 35.4 Å². The van der Waals surface area contributed by atoms with Crippen LogP contribution in [0.25, 0.3) is 0 Å². The summed E-state index contributed by atoms with van der Waals surface area (Å²) < 4.78 is 0. The molecule has 0 fully saturated rings. The van der Waals surface area contributed by atoms with E-state index in [0.29, 0.717) is 17.4 Å². The number of aliphatic imine (C=N–C) groups is 1. The Morgan fingerprint density at radius 3 is 1.91 bits per heavy atom. The summed E-state index contributed by atoms with van der Waals surface area (Å²) in [7, 11) is 0. The maximum atomic E-state index is 11.8. The van der Waals surface area contributed by atoms with Crippen molar-refractivity contribution in [2.24, 2.45) is 4.99 Å². The van der Waals surface area contributed by atoms with Crippen molar-refractivity contribution in [2.75, 3.05) is 0 Å². The Bertz CT molecular complexity index is 621. The molecule has 0 spiro atoms. The van der Waals surface area contributed by atoms with Crippen LogP contribution in [0.1, 0.15) is 56.2 Å². The molecule has 0 saturated carbocycles. The maximum Gasteiger partial charge on any atom is 1.00 e. The van der Waals surface area contributed by atoms with Gasteiger partial charge in [-0.15, -0.1) is 5.75 Å². The van der Waals surface area contributed by atoms with Gasteiger partial charge in [0.05, 0.1) is 5.69 Å². The van der Waals surface area contributed by atoms with Gasteiger partial charge in [-0.05, 0) is 28.5 Å². The SMILES string of the molecule is CC(C)c1cccc(C(C)C)c1N=Cc1ccccc1[O-].[Tl+]. The smallest absolute Gasteiger partial charge is 0.872 e. The van der Waals surface area contributed by atoms with E-state index in [1.807, 2.05) is 6.07 Å². The molecule has 0 bridgehead atoms. The van der Waals surface area contributed by atoms with Gasteiger partial charge < -0.3 is 5.11 Å². The molecular weight excluding hydrogens is 463 g/mol. The molecule has 0 amide bonds. The van der Waals surface area contributed by atoms with Crippen molar-refractivity contribution in [3.8, 4) is 5.75 Å². The van der Waals surface area contributed by atoms with Crippen LogP contribution in [0, 0.1) is 0 Å². The molecular formula is C19H22NOTl. The standard InChI is InChI=1S/C19H23NO.Tl/c1-13(2)16-9-7-10-17(14(3)4)19(16)20-12-15-8-5-6-11-18(15)21;/h5-14,21H,1-4H3;/q;+1/p-1.